The number of nitrogen functional groups attached to an aromatic ring is 1. The Hall–Kier alpha value is -1.26. The van der Waals surface area contributed by atoms with Crippen LogP contribution in [0.5, 0.6) is 0 Å². The van der Waals surface area contributed by atoms with Crippen LogP contribution in [0.3, 0.4) is 0 Å². The Labute approximate surface area is 119 Å². The minimum absolute atomic E-state index is 0.0696. The maximum Gasteiger partial charge on any atom is 0.224 e. The van der Waals surface area contributed by atoms with E-state index in [0.29, 0.717) is 41.8 Å². The molecule has 0 fully saturated rings. The number of ether oxygens (including phenoxy) is 1. The quantitative estimate of drug-likeness (QED) is 0.596. The molecule has 0 atom stereocenters. The van der Waals surface area contributed by atoms with Gasteiger partial charge in [-0.25, -0.2) is 0 Å². The van der Waals surface area contributed by atoms with Crippen molar-refractivity contribution < 1.29 is 9.53 Å². The zero-order valence-corrected chi connectivity index (χ0v) is 12.2. The molecule has 0 unspecified atom stereocenters. The maximum atomic E-state index is 11.7. The van der Waals surface area contributed by atoms with Gasteiger partial charge in [0, 0.05) is 25.3 Å². The Morgan fingerprint density at radius 3 is 2.84 bits per heavy atom. The van der Waals surface area contributed by atoms with Gasteiger partial charge in [-0.1, -0.05) is 25.4 Å². The fraction of sp³-hybridized carbons (Fsp3) is 0.500. The Morgan fingerprint density at radius 1 is 1.47 bits per heavy atom. The summed E-state index contributed by atoms with van der Waals surface area (Å²) < 4.78 is 5.41. The van der Waals surface area contributed by atoms with Crippen molar-refractivity contribution >= 4 is 28.9 Å². The normalized spacial score (nSPS) is 10.7. The van der Waals surface area contributed by atoms with Crippen molar-refractivity contribution in [2.24, 2.45) is 5.92 Å². The summed E-state index contributed by atoms with van der Waals surface area (Å²) in [6.45, 7) is 5.51. The van der Waals surface area contributed by atoms with Gasteiger partial charge in [-0.05, 0) is 30.5 Å². The molecular weight excluding hydrogens is 264 g/mol. The number of nitrogens with two attached hydrogens (primary N) is 1. The SMILES string of the molecule is CC(C)COCCCC(=O)Nc1ccc(N)cc1Cl. The molecule has 1 amide bonds. The van der Waals surface area contributed by atoms with E-state index in [1.165, 1.54) is 0 Å². The zero-order chi connectivity index (χ0) is 14.3. The minimum atomic E-state index is -0.0696. The Bertz CT molecular complexity index is 422. The lowest BCUT2D eigenvalue weighted by molar-refractivity contribution is -0.116. The third kappa shape index (κ3) is 6.45. The summed E-state index contributed by atoms with van der Waals surface area (Å²) in [7, 11) is 0. The number of nitrogens with one attached hydrogen (secondary N) is 1. The Kier molecular flexibility index (Phi) is 6.67. The van der Waals surface area contributed by atoms with Gasteiger partial charge >= 0.3 is 0 Å². The predicted octanol–water partition coefficient (Wildman–Crippen LogP) is 3.31. The largest absolute Gasteiger partial charge is 0.399 e. The second-order valence-electron chi connectivity index (χ2n) is 4.86. The molecule has 0 aromatic heterocycles. The van der Waals surface area contributed by atoms with E-state index >= 15 is 0 Å². The highest BCUT2D eigenvalue weighted by molar-refractivity contribution is 6.34. The smallest absolute Gasteiger partial charge is 0.224 e. The molecule has 1 rings (SSSR count). The van der Waals surface area contributed by atoms with Crippen molar-refractivity contribution in [3.8, 4) is 0 Å². The van der Waals surface area contributed by atoms with Gasteiger partial charge in [0.25, 0.3) is 0 Å². The molecule has 19 heavy (non-hydrogen) atoms. The lowest BCUT2D eigenvalue weighted by Gasteiger charge is -2.09. The van der Waals surface area contributed by atoms with E-state index in [0.717, 1.165) is 6.61 Å². The maximum absolute atomic E-state index is 11.7. The van der Waals surface area contributed by atoms with E-state index in [1.807, 2.05) is 0 Å². The summed E-state index contributed by atoms with van der Waals surface area (Å²) in [5, 5.41) is 3.20. The highest BCUT2D eigenvalue weighted by Gasteiger charge is 2.06. The van der Waals surface area contributed by atoms with Crippen molar-refractivity contribution in [3.63, 3.8) is 0 Å². The molecular formula is C14H21ClN2O2. The second-order valence-corrected chi connectivity index (χ2v) is 5.27. The molecule has 1 aromatic carbocycles. The van der Waals surface area contributed by atoms with Gasteiger partial charge in [0.15, 0.2) is 0 Å². The average molecular weight is 285 g/mol. The molecule has 5 heteroatoms. The number of benzene rings is 1. The highest BCUT2D eigenvalue weighted by atomic mass is 35.5. The molecule has 0 aliphatic carbocycles. The molecule has 0 aliphatic heterocycles. The summed E-state index contributed by atoms with van der Waals surface area (Å²) >= 11 is 5.97. The zero-order valence-electron chi connectivity index (χ0n) is 11.4. The molecule has 0 aliphatic rings. The van der Waals surface area contributed by atoms with Gasteiger partial charge in [-0.15, -0.1) is 0 Å². The fourth-order valence-electron chi connectivity index (χ4n) is 1.50. The molecule has 0 bridgehead atoms. The van der Waals surface area contributed by atoms with Crippen LogP contribution in [-0.2, 0) is 9.53 Å². The Morgan fingerprint density at radius 2 is 2.21 bits per heavy atom. The van der Waals surface area contributed by atoms with Gasteiger partial charge in [0.1, 0.15) is 0 Å². The highest BCUT2D eigenvalue weighted by Crippen LogP contribution is 2.24. The van der Waals surface area contributed by atoms with Crippen LogP contribution >= 0.6 is 11.6 Å². The first kappa shape index (κ1) is 15.8. The van der Waals surface area contributed by atoms with E-state index < -0.39 is 0 Å². The second kappa shape index (κ2) is 8.02. The molecule has 4 nitrogen and oxygen atoms in total. The fourth-order valence-corrected chi connectivity index (χ4v) is 1.74. The number of carbonyl (C=O) groups is 1. The number of carbonyl (C=O) groups excluding carboxylic acids is 1. The number of anilines is 2. The van der Waals surface area contributed by atoms with Crippen LogP contribution in [0, 0.1) is 5.92 Å². The van der Waals surface area contributed by atoms with Crippen LogP contribution in [0.4, 0.5) is 11.4 Å². The van der Waals surface area contributed by atoms with Gasteiger partial charge in [-0.3, -0.25) is 4.79 Å². The van der Waals surface area contributed by atoms with Gasteiger partial charge in [-0.2, -0.15) is 0 Å². The standard InChI is InChI=1S/C14H21ClN2O2/c1-10(2)9-19-7-3-4-14(18)17-13-6-5-11(16)8-12(13)15/h5-6,8,10H,3-4,7,9,16H2,1-2H3,(H,17,18). The van der Waals surface area contributed by atoms with Gasteiger partial charge < -0.3 is 15.8 Å². The minimum Gasteiger partial charge on any atom is -0.399 e. The number of hydrogen-bond donors (Lipinski definition) is 2. The van der Waals surface area contributed by atoms with E-state index in [9.17, 15) is 4.79 Å². The molecule has 106 valence electrons. The predicted molar refractivity (Wildman–Crippen MR) is 79.4 cm³/mol. The van der Waals surface area contributed by atoms with Gasteiger partial charge in [0.05, 0.1) is 10.7 Å². The van der Waals surface area contributed by atoms with Crippen LogP contribution in [0.2, 0.25) is 5.02 Å². The third-order valence-corrected chi connectivity index (χ3v) is 2.72. The molecule has 0 saturated carbocycles. The lowest BCUT2D eigenvalue weighted by Crippen LogP contribution is -2.13. The number of rotatable bonds is 7. The summed E-state index contributed by atoms with van der Waals surface area (Å²) in [6.07, 6.45) is 1.12. The van der Waals surface area contributed by atoms with E-state index in [1.54, 1.807) is 18.2 Å². The lowest BCUT2D eigenvalue weighted by atomic mass is 10.2. The molecule has 0 spiro atoms. The van der Waals surface area contributed by atoms with Crippen LogP contribution in [0.1, 0.15) is 26.7 Å². The summed E-state index contributed by atoms with van der Waals surface area (Å²) in [6, 6.07) is 5.01. The molecule has 1 aromatic rings. The number of halogens is 1. The van der Waals surface area contributed by atoms with E-state index in [4.69, 9.17) is 22.1 Å². The first-order chi connectivity index (χ1) is 8.99. The molecule has 0 heterocycles. The van der Waals surface area contributed by atoms with Crippen LogP contribution in [-0.4, -0.2) is 19.1 Å². The first-order valence-corrected chi connectivity index (χ1v) is 6.79. The van der Waals surface area contributed by atoms with Crippen molar-refractivity contribution in [1.29, 1.82) is 0 Å². The average Bonchev–Trinajstić information content (AvgIpc) is 2.32. The Balaban J connectivity index is 2.27. The van der Waals surface area contributed by atoms with Crippen molar-refractivity contribution in [3.05, 3.63) is 23.2 Å². The van der Waals surface area contributed by atoms with Crippen LogP contribution in [0.25, 0.3) is 0 Å². The molecule has 0 radical (unpaired) electrons. The summed E-state index contributed by atoms with van der Waals surface area (Å²) in [4.78, 5) is 11.7. The molecule has 0 saturated heterocycles. The van der Waals surface area contributed by atoms with Crippen LogP contribution < -0.4 is 11.1 Å². The monoisotopic (exact) mass is 284 g/mol. The van der Waals surface area contributed by atoms with Crippen molar-refractivity contribution in [2.45, 2.75) is 26.7 Å². The van der Waals surface area contributed by atoms with Gasteiger partial charge in [0.2, 0.25) is 5.91 Å². The van der Waals surface area contributed by atoms with Crippen molar-refractivity contribution in [2.75, 3.05) is 24.3 Å². The third-order valence-electron chi connectivity index (χ3n) is 2.41. The van der Waals surface area contributed by atoms with E-state index in [-0.39, 0.29) is 5.91 Å². The van der Waals surface area contributed by atoms with E-state index in [2.05, 4.69) is 19.2 Å². The number of amides is 1. The summed E-state index contributed by atoms with van der Waals surface area (Å²) in [5.41, 5.74) is 6.74. The van der Waals surface area contributed by atoms with Crippen molar-refractivity contribution in [1.82, 2.24) is 0 Å². The van der Waals surface area contributed by atoms with Crippen LogP contribution in [0.15, 0.2) is 18.2 Å². The molecule has 3 N–H and O–H groups in total. The number of hydrogen-bond acceptors (Lipinski definition) is 3. The topological polar surface area (TPSA) is 64.3 Å². The summed E-state index contributed by atoms with van der Waals surface area (Å²) in [5.74, 6) is 0.447. The first-order valence-electron chi connectivity index (χ1n) is 6.41.